The molecule has 26 heavy (non-hydrogen) atoms. The molecule has 0 saturated carbocycles. The van der Waals surface area contributed by atoms with Crippen LogP contribution in [0.4, 0.5) is 14.5 Å². The van der Waals surface area contributed by atoms with E-state index in [4.69, 9.17) is 4.74 Å². The van der Waals surface area contributed by atoms with Crippen LogP contribution in [-0.4, -0.2) is 30.8 Å². The first-order valence-electron chi connectivity index (χ1n) is 8.63. The van der Waals surface area contributed by atoms with Gasteiger partial charge in [-0.3, -0.25) is 10.3 Å². The highest BCUT2D eigenvalue weighted by Crippen LogP contribution is 2.22. The highest BCUT2D eigenvalue weighted by atomic mass is 19.1. The average molecular weight is 361 g/mol. The fourth-order valence-electron chi connectivity index (χ4n) is 2.60. The largest absolute Gasteiger partial charge is 0.496 e. The zero-order chi connectivity index (χ0) is 19.1. The average Bonchev–Trinajstić information content (AvgIpc) is 2.64. The number of halogens is 2. The summed E-state index contributed by atoms with van der Waals surface area (Å²) in [5.41, 5.74) is 5.44. The molecule has 0 saturated heterocycles. The Kier molecular flexibility index (Phi) is 7.09. The highest BCUT2D eigenvalue weighted by Gasteiger charge is 2.10. The van der Waals surface area contributed by atoms with E-state index in [1.54, 1.807) is 7.11 Å². The van der Waals surface area contributed by atoms with Crippen molar-refractivity contribution in [3.63, 3.8) is 0 Å². The lowest BCUT2D eigenvalue weighted by Crippen LogP contribution is -2.22. The van der Waals surface area contributed by atoms with E-state index >= 15 is 0 Å². The Labute approximate surface area is 153 Å². The van der Waals surface area contributed by atoms with Gasteiger partial charge in [-0.1, -0.05) is 13.8 Å². The summed E-state index contributed by atoms with van der Waals surface area (Å²) in [5, 5.41) is 4.22. The van der Waals surface area contributed by atoms with Crippen LogP contribution in [0.5, 0.6) is 5.75 Å². The second-order valence-corrected chi connectivity index (χ2v) is 5.92. The molecule has 0 atom stereocenters. The van der Waals surface area contributed by atoms with Crippen LogP contribution in [0.15, 0.2) is 41.5 Å². The van der Waals surface area contributed by atoms with Gasteiger partial charge in [-0.05, 0) is 55.9 Å². The minimum atomic E-state index is -0.682. The van der Waals surface area contributed by atoms with Crippen LogP contribution in [0.3, 0.4) is 0 Å². The molecule has 0 aliphatic carbocycles. The molecule has 2 rings (SSSR count). The first kappa shape index (κ1) is 19.8. The van der Waals surface area contributed by atoms with Gasteiger partial charge in [-0.2, -0.15) is 5.10 Å². The van der Waals surface area contributed by atoms with Crippen LogP contribution in [0.25, 0.3) is 0 Å². The van der Waals surface area contributed by atoms with Crippen LogP contribution in [0.2, 0.25) is 0 Å². The third kappa shape index (κ3) is 5.02. The minimum Gasteiger partial charge on any atom is -0.496 e. The molecular weight excluding hydrogens is 336 g/mol. The summed E-state index contributed by atoms with van der Waals surface area (Å²) in [6.45, 7) is 8.74. The monoisotopic (exact) mass is 361 g/mol. The van der Waals surface area contributed by atoms with Crippen molar-refractivity contribution < 1.29 is 13.5 Å². The van der Waals surface area contributed by atoms with Crippen molar-refractivity contribution >= 4 is 11.4 Å². The van der Waals surface area contributed by atoms with E-state index in [2.05, 4.69) is 29.3 Å². The summed E-state index contributed by atoms with van der Waals surface area (Å²) >= 11 is 0. The van der Waals surface area contributed by atoms with Crippen LogP contribution in [-0.2, 0) is 6.54 Å². The molecule has 0 aliphatic heterocycles. The Morgan fingerprint density at radius 2 is 1.85 bits per heavy atom. The fraction of sp³-hybridized carbons (Fsp3) is 0.350. The number of nitrogens with zero attached hydrogens (tertiary/aromatic N) is 2. The summed E-state index contributed by atoms with van der Waals surface area (Å²) in [5.74, 6) is -0.477. The summed E-state index contributed by atoms with van der Waals surface area (Å²) in [7, 11) is 1.65. The van der Waals surface area contributed by atoms with E-state index in [0.717, 1.165) is 42.6 Å². The molecule has 140 valence electrons. The normalized spacial score (nSPS) is 11.7. The second kappa shape index (κ2) is 9.29. The van der Waals surface area contributed by atoms with Crippen LogP contribution < -0.4 is 10.2 Å². The number of nitrogens with one attached hydrogen (secondary N) is 1. The maximum atomic E-state index is 13.7. The summed E-state index contributed by atoms with van der Waals surface area (Å²) < 4.78 is 32.1. The Balaban J connectivity index is 2.23. The van der Waals surface area contributed by atoms with Crippen molar-refractivity contribution in [1.29, 1.82) is 0 Å². The SMILES string of the molecule is CCN(CC)Cc1cc(/C(C)=N\Nc2ccc(F)cc2F)ccc1OC. The molecule has 2 aromatic rings. The molecule has 0 amide bonds. The molecule has 0 heterocycles. The Bertz CT molecular complexity index is 774. The zero-order valence-corrected chi connectivity index (χ0v) is 15.6. The third-order valence-electron chi connectivity index (χ3n) is 4.26. The lowest BCUT2D eigenvalue weighted by Gasteiger charge is -2.20. The van der Waals surface area contributed by atoms with Crippen molar-refractivity contribution in [2.75, 3.05) is 25.6 Å². The zero-order valence-electron chi connectivity index (χ0n) is 15.6. The maximum absolute atomic E-state index is 13.7. The van der Waals surface area contributed by atoms with Crippen LogP contribution >= 0.6 is 0 Å². The number of ether oxygens (including phenoxy) is 1. The summed E-state index contributed by atoms with van der Waals surface area (Å²) in [4.78, 5) is 2.29. The van der Waals surface area contributed by atoms with E-state index in [1.807, 2.05) is 25.1 Å². The van der Waals surface area contributed by atoms with Gasteiger partial charge < -0.3 is 4.74 Å². The third-order valence-corrected chi connectivity index (χ3v) is 4.26. The van der Waals surface area contributed by atoms with Gasteiger partial charge in [0, 0.05) is 18.2 Å². The lowest BCUT2D eigenvalue weighted by molar-refractivity contribution is 0.289. The Hall–Kier alpha value is -2.47. The van der Waals surface area contributed by atoms with E-state index in [9.17, 15) is 8.78 Å². The van der Waals surface area contributed by atoms with E-state index < -0.39 is 11.6 Å². The molecule has 1 N–H and O–H groups in total. The fourth-order valence-corrected chi connectivity index (χ4v) is 2.60. The van der Waals surface area contributed by atoms with Gasteiger partial charge >= 0.3 is 0 Å². The van der Waals surface area contributed by atoms with Crippen LogP contribution in [0, 0.1) is 11.6 Å². The number of hydrogen-bond acceptors (Lipinski definition) is 4. The first-order valence-corrected chi connectivity index (χ1v) is 8.63. The molecule has 0 aromatic heterocycles. The van der Waals surface area contributed by atoms with Crippen molar-refractivity contribution in [3.05, 3.63) is 59.2 Å². The van der Waals surface area contributed by atoms with Gasteiger partial charge in [-0.25, -0.2) is 8.78 Å². The number of hydrogen-bond donors (Lipinski definition) is 1. The predicted octanol–water partition coefficient (Wildman–Crippen LogP) is 4.65. The predicted molar refractivity (Wildman–Crippen MR) is 102 cm³/mol. The topological polar surface area (TPSA) is 36.9 Å². The van der Waals surface area contributed by atoms with Gasteiger partial charge in [0.05, 0.1) is 18.5 Å². The maximum Gasteiger partial charge on any atom is 0.151 e. The molecule has 4 nitrogen and oxygen atoms in total. The van der Waals surface area contributed by atoms with Crippen molar-refractivity contribution in [3.8, 4) is 5.75 Å². The van der Waals surface area contributed by atoms with Gasteiger partial charge in [0.2, 0.25) is 0 Å². The number of methoxy groups -OCH3 is 1. The minimum absolute atomic E-state index is 0.127. The molecule has 0 spiro atoms. The van der Waals surface area contributed by atoms with E-state index in [-0.39, 0.29) is 5.69 Å². The molecular formula is C20H25F2N3O. The molecule has 0 aliphatic rings. The van der Waals surface area contributed by atoms with Gasteiger partial charge in [-0.15, -0.1) is 0 Å². The van der Waals surface area contributed by atoms with Crippen molar-refractivity contribution in [2.24, 2.45) is 5.10 Å². The second-order valence-electron chi connectivity index (χ2n) is 5.92. The number of benzene rings is 2. The molecule has 0 unspecified atom stereocenters. The Morgan fingerprint density at radius 1 is 1.12 bits per heavy atom. The van der Waals surface area contributed by atoms with Crippen LogP contribution in [0.1, 0.15) is 31.9 Å². The van der Waals surface area contributed by atoms with Gasteiger partial charge in [0.1, 0.15) is 11.6 Å². The standard InChI is InChI=1S/C20H25F2N3O/c1-5-25(6-2)13-16-11-15(7-10-20(16)26-4)14(3)23-24-19-9-8-17(21)12-18(19)22/h7-12,24H,5-6,13H2,1-4H3/b23-14-. The number of hydrazone groups is 1. The summed E-state index contributed by atoms with van der Waals surface area (Å²) in [6, 6.07) is 9.17. The van der Waals surface area contributed by atoms with Gasteiger partial charge in [0.15, 0.2) is 5.82 Å². The van der Waals surface area contributed by atoms with Crippen molar-refractivity contribution in [1.82, 2.24) is 4.90 Å². The Morgan fingerprint density at radius 3 is 2.46 bits per heavy atom. The smallest absolute Gasteiger partial charge is 0.151 e. The molecule has 6 heteroatoms. The highest BCUT2D eigenvalue weighted by molar-refractivity contribution is 5.99. The lowest BCUT2D eigenvalue weighted by atomic mass is 10.1. The van der Waals surface area contributed by atoms with E-state index in [0.29, 0.717) is 5.71 Å². The molecule has 2 aromatic carbocycles. The van der Waals surface area contributed by atoms with Gasteiger partial charge in [0.25, 0.3) is 0 Å². The molecule has 0 bridgehead atoms. The first-order chi connectivity index (χ1) is 12.5. The molecule has 0 fully saturated rings. The van der Waals surface area contributed by atoms with E-state index in [1.165, 1.54) is 12.1 Å². The number of anilines is 1. The quantitative estimate of drug-likeness (QED) is 0.549. The van der Waals surface area contributed by atoms with Crippen molar-refractivity contribution in [2.45, 2.75) is 27.3 Å². The summed E-state index contributed by atoms with van der Waals surface area (Å²) in [6.07, 6.45) is 0. The number of rotatable bonds is 8. The molecule has 0 radical (unpaired) electrons.